The van der Waals surface area contributed by atoms with Gasteiger partial charge in [-0.2, -0.15) is 5.26 Å². The maximum atomic E-state index is 11.9. The zero-order valence-corrected chi connectivity index (χ0v) is 15.1. The van der Waals surface area contributed by atoms with Gasteiger partial charge in [-0.1, -0.05) is 29.3 Å². The molecule has 2 aromatic rings. The van der Waals surface area contributed by atoms with Crippen molar-refractivity contribution in [2.45, 2.75) is 13.8 Å². The highest BCUT2D eigenvalue weighted by molar-refractivity contribution is 6.31. The quantitative estimate of drug-likeness (QED) is 0.785. The smallest absolute Gasteiger partial charge is 0.344 e. The molecule has 0 heterocycles. The van der Waals surface area contributed by atoms with Gasteiger partial charge in [0.1, 0.15) is 11.8 Å². The molecule has 0 aliphatic carbocycles. The molecule has 2 rings (SSSR count). The standard InChI is InChI=1S/C19H17ClN2O4/c1-12-3-6-17(13(2)7-12)25-11-19(24)26-10-18(23)22-16-8-15(20)5-4-14(16)9-21/h3-8H,10-11H2,1-2H3,(H,22,23). The monoisotopic (exact) mass is 372 g/mol. The molecular weight excluding hydrogens is 356 g/mol. The molecule has 26 heavy (non-hydrogen) atoms. The molecule has 0 saturated heterocycles. The number of nitriles is 1. The minimum atomic E-state index is -0.674. The molecule has 0 aliphatic heterocycles. The summed E-state index contributed by atoms with van der Waals surface area (Å²) < 4.78 is 10.3. The van der Waals surface area contributed by atoms with Crippen LogP contribution >= 0.6 is 11.6 Å². The minimum absolute atomic E-state index is 0.257. The number of hydrogen-bond acceptors (Lipinski definition) is 5. The summed E-state index contributed by atoms with van der Waals surface area (Å²) in [7, 11) is 0. The fourth-order valence-corrected chi connectivity index (χ4v) is 2.36. The number of amides is 1. The summed E-state index contributed by atoms with van der Waals surface area (Å²) in [6.07, 6.45) is 0. The first kappa shape index (κ1) is 19.3. The topological polar surface area (TPSA) is 88.4 Å². The van der Waals surface area contributed by atoms with Gasteiger partial charge in [-0.05, 0) is 43.7 Å². The van der Waals surface area contributed by atoms with E-state index < -0.39 is 18.5 Å². The Morgan fingerprint density at radius 2 is 1.92 bits per heavy atom. The first-order valence-corrected chi connectivity index (χ1v) is 8.12. The maximum absolute atomic E-state index is 11.9. The van der Waals surface area contributed by atoms with Crippen LogP contribution in [0.5, 0.6) is 5.75 Å². The molecule has 0 unspecified atom stereocenters. The number of anilines is 1. The fourth-order valence-electron chi connectivity index (χ4n) is 2.19. The Kier molecular flexibility index (Phi) is 6.59. The summed E-state index contributed by atoms with van der Waals surface area (Å²) in [5.74, 6) is -0.676. The summed E-state index contributed by atoms with van der Waals surface area (Å²) in [5.41, 5.74) is 2.51. The predicted molar refractivity (Wildman–Crippen MR) is 97.2 cm³/mol. The van der Waals surface area contributed by atoms with E-state index in [-0.39, 0.29) is 17.9 Å². The summed E-state index contributed by atoms with van der Waals surface area (Å²) in [6, 6.07) is 12.0. The Labute approximate surface area is 156 Å². The Morgan fingerprint density at radius 3 is 2.62 bits per heavy atom. The third-order valence-corrected chi connectivity index (χ3v) is 3.65. The van der Waals surface area contributed by atoms with Crippen molar-refractivity contribution >= 4 is 29.2 Å². The third-order valence-electron chi connectivity index (χ3n) is 3.42. The predicted octanol–water partition coefficient (Wildman–Crippen LogP) is 3.39. The lowest BCUT2D eigenvalue weighted by atomic mass is 10.1. The van der Waals surface area contributed by atoms with Gasteiger partial charge in [0.05, 0.1) is 11.3 Å². The molecule has 7 heteroatoms. The van der Waals surface area contributed by atoms with Crippen molar-refractivity contribution in [3.63, 3.8) is 0 Å². The van der Waals surface area contributed by atoms with E-state index in [0.29, 0.717) is 10.8 Å². The number of halogens is 1. The number of esters is 1. The number of nitrogens with zero attached hydrogens (tertiary/aromatic N) is 1. The van der Waals surface area contributed by atoms with Gasteiger partial charge in [0.25, 0.3) is 5.91 Å². The van der Waals surface area contributed by atoms with Gasteiger partial charge >= 0.3 is 5.97 Å². The molecule has 0 bridgehead atoms. The van der Waals surface area contributed by atoms with E-state index >= 15 is 0 Å². The Morgan fingerprint density at radius 1 is 1.15 bits per heavy atom. The number of carbonyl (C=O) groups is 2. The number of benzene rings is 2. The van der Waals surface area contributed by atoms with E-state index in [1.165, 1.54) is 12.1 Å². The van der Waals surface area contributed by atoms with Crippen LogP contribution in [-0.2, 0) is 14.3 Å². The third kappa shape index (κ3) is 5.50. The zero-order chi connectivity index (χ0) is 19.1. The summed E-state index contributed by atoms with van der Waals surface area (Å²) >= 11 is 5.84. The van der Waals surface area contributed by atoms with Gasteiger partial charge in [-0.15, -0.1) is 0 Å². The Hall–Kier alpha value is -3.04. The van der Waals surface area contributed by atoms with Crippen molar-refractivity contribution in [2.24, 2.45) is 0 Å². The normalized spacial score (nSPS) is 9.92. The van der Waals surface area contributed by atoms with E-state index in [4.69, 9.17) is 26.3 Å². The summed E-state index contributed by atoms with van der Waals surface area (Å²) in [5, 5.41) is 11.9. The van der Waals surface area contributed by atoms with Crippen molar-refractivity contribution in [2.75, 3.05) is 18.5 Å². The molecule has 134 valence electrons. The van der Waals surface area contributed by atoms with E-state index in [1.807, 2.05) is 32.0 Å². The van der Waals surface area contributed by atoms with Crippen molar-refractivity contribution in [3.8, 4) is 11.8 Å². The van der Waals surface area contributed by atoms with E-state index in [1.54, 1.807) is 12.1 Å². The van der Waals surface area contributed by atoms with Crippen LogP contribution in [-0.4, -0.2) is 25.1 Å². The SMILES string of the molecule is Cc1ccc(OCC(=O)OCC(=O)Nc2cc(Cl)ccc2C#N)c(C)c1. The van der Waals surface area contributed by atoms with Gasteiger partial charge in [-0.3, -0.25) is 4.79 Å². The molecule has 1 N–H and O–H groups in total. The fraction of sp³-hybridized carbons (Fsp3) is 0.211. The largest absolute Gasteiger partial charge is 0.482 e. The molecule has 0 atom stereocenters. The van der Waals surface area contributed by atoms with Gasteiger partial charge in [-0.25, -0.2) is 4.79 Å². The highest BCUT2D eigenvalue weighted by Gasteiger charge is 2.12. The first-order valence-electron chi connectivity index (χ1n) is 7.74. The van der Waals surface area contributed by atoms with E-state index in [9.17, 15) is 9.59 Å². The lowest BCUT2D eigenvalue weighted by Gasteiger charge is -2.10. The highest BCUT2D eigenvalue weighted by atomic mass is 35.5. The van der Waals surface area contributed by atoms with Crippen LogP contribution in [0.3, 0.4) is 0 Å². The van der Waals surface area contributed by atoms with Crippen molar-refractivity contribution < 1.29 is 19.1 Å². The van der Waals surface area contributed by atoms with Crippen molar-refractivity contribution in [1.82, 2.24) is 0 Å². The molecule has 0 fully saturated rings. The second-order valence-electron chi connectivity index (χ2n) is 5.57. The van der Waals surface area contributed by atoms with Gasteiger partial charge in [0.15, 0.2) is 13.2 Å². The number of aryl methyl sites for hydroxylation is 2. The number of carbonyl (C=O) groups excluding carboxylic acids is 2. The molecule has 0 aliphatic rings. The van der Waals surface area contributed by atoms with Crippen molar-refractivity contribution in [1.29, 1.82) is 5.26 Å². The molecule has 1 amide bonds. The van der Waals surface area contributed by atoms with Crippen LogP contribution < -0.4 is 10.1 Å². The molecule has 6 nitrogen and oxygen atoms in total. The Balaban J connectivity index is 1.83. The van der Waals surface area contributed by atoms with Crippen molar-refractivity contribution in [3.05, 3.63) is 58.1 Å². The minimum Gasteiger partial charge on any atom is -0.482 e. The van der Waals surface area contributed by atoms with Crippen LogP contribution in [0, 0.1) is 25.2 Å². The molecule has 0 spiro atoms. The molecule has 0 aromatic heterocycles. The lowest BCUT2D eigenvalue weighted by molar-refractivity contribution is -0.149. The average Bonchev–Trinajstić information content (AvgIpc) is 2.59. The first-order chi connectivity index (χ1) is 12.4. The summed E-state index contributed by atoms with van der Waals surface area (Å²) in [6.45, 7) is 3.03. The number of nitrogens with one attached hydrogen (secondary N) is 1. The van der Waals surface area contributed by atoms with E-state index in [0.717, 1.165) is 11.1 Å². The van der Waals surface area contributed by atoms with E-state index in [2.05, 4.69) is 5.32 Å². The zero-order valence-electron chi connectivity index (χ0n) is 14.3. The average molecular weight is 373 g/mol. The number of ether oxygens (including phenoxy) is 2. The molecule has 0 saturated carbocycles. The van der Waals surface area contributed by atoms with Crippen LogP contribution in [0.2, 0.25) is 5.02 Å². The van der Waals surface area contributed by atoms with Gasteiger partial charge in [0, 0.05) is 5.02 Å². The second kappa shape index (κ2) is 8.88. The molecule has 2 aromatic carbocycles. The van der Waals surface area contributed by atoms with Crippen LogP contribution in [0.1, 0.15) is 16.7 Å². The Bertz CT molecular complexity index is 874. The van der Waals surface area contributed by atoms with Crippen LogP contribution in [0.25, 0.3) is 0 Å². The lowest BCUT2D eigenvalue weighted by Crippen LogP contribution is -2.24. The number of hydrogen-bond donors (Lipinski definition) is 1. The highest BCUT2D eigenvalue weighted by Crippen LogP contribution is 2.20. The number of rotatable bonds is 6. The van der Waals surface area contributed by atoms with Crippen LogP contribution in [0.4, 0.5) is 5.69 Å². The maximum Gasteiger partial charge on any atom is 0.344 e. The van der Waals surface area contributed by atoms with Gasteiger partial charge < -0.3 is 14.8 Å². The molecular formula is C19H17ClN2O4. The summed E-state index contributed by atoms with van der Waals surface area (Å²) in [4.78, 5) is 23.6. The molecule has 0 radical (unpaired) electrons. The second-order valence-corrected chi connectivity index (χ2v) is 6.00. The van der Waals surface area contributed by atoms with Gasteiger partial charge in [0.2, 0.25) is 0 Å². The van der Waals surface area contributed by atoms with Crippen LogP contribution in [0.15, 0.2) is 36.4 Å².